The Kier molecular flexibility index (Phi) is 65.7. The molecule has 0 saturated carbocycles. The van der Waals surface area contributed by atoms with Crippen molar-refractivity contribution in [3.8, 4) is 0 Å². The van der Waals surface area contributed by atoms with Gasteiger partial charge in [0.15, 0.2) is 6.10 Å². The summed E-state index contributed by atoms with van der Waals surface area (Å²) in [6.07, 6.45) is 92.7. The van der Waals surface area contributed by atoms with Crippen molar-refractivity contribution in [1.29, 1.82) is 0 Å². The summed E-state index contributed by atoms with van der Waals surface area (Å²) in [4.78, 5) is 38.5. The fraction of sp³-hybridized carbons (Fsp3) is 0.747. The summed E-state index contributed by atoms with van der Waals surface area (Å²) in [5.41, 5.74) is 0. The highest BCUT2D eigenvalue weighted by Crippen LogP contribution is 2.16. The normalized spacial score (nSPS) is 12.7. The van der Waals surface area contributed by atoms with Crippen molar-refractivity contribution < 1.29 is 28.6 Å². The SMILES string of the molecule is CC/C=C\C/C=C\C/C=C\C/C=C\CCCCCCCCC(=O)OCC(COC(=O)CCCCCCCCCC/C=C\C/C=C\C/C=C\CCCCCCC)OC(=O)CCCCCCCCCCC/C=C\CCCCCCCCCC. The average Bonchev–Trinajstić information content (AvgIpc) is 3.47. The van der Waals surface area contributed by atoms with Gasteiger partial charge < -0.3 is 14.2 Å². The molecule has 0 radical (unpaired) electrons. The van der Waals surface area contributed by atoms with E-state index in [1.54, 1.807) is 0 Å². The van der Waals surface area contributed by atoms with E-state index in [2.05, 4.69) is 118 Å². The second-order valence-corrected chi connectivity index (χ2v) is 23.1. The molecule has 0 saturated heterocycles. The lowest BCUT2D eigenvalue weighted by Gasteiger charge is -2.18. The maximum absolute atomic E-state index is 13.0. The maximum atomic E-state index is 13.0. The molecule has 0 fully saturated rings. The lowest BCUT2D eigenvalue weighted by Crippen LogP contribution is -2.30. The van der Waals surface area contributed by atoms with Gasteiger partial charge in [-0.2, -0.15) is 0 Å². The van der Waals surface area contributed by atoms with Gasteiger partial charge in [0.05, 0.1) is 0 Å². The summed E-state index contributed by atoms with van der Waals surface area (Å²) in [6.45, 7) is 6.54. The summed E-state index contributed by atoms with van der Waals surface area (Å²) in [7, 11) is 0. The Labute approximate surface area is 502 Å². The highest BCUT2D eigenvalue weighted by molar-refractivity contribution is 5.71. The van der Waals surface area contributed by atoms with Crippen molar-refractivity contribution in [2.24, 2.45) is 0 Å². The molecule has 6 nitrogen and oxygen atoms in total. The first-order valence-corrected chi connectivity index (χ1v) is 34.7. The fourth-order valence-corrected chi connectivity index (χ4v) is 9.85. The molecule has 0 amide bonds. The number of carbonyl (C=O) groups is 3. The quantitative estimate of drug-likeness (QED) is 0.0261. The monoisotopic (exact) mass is 1130 g/mol. The molecule has 0 aliphatic rings. The van der Waals surface area contributed by atoms with Crippen LogP contribution in [-0.4, -0.2) is 37.2 Å². The Morgan fingerprint density at radius 3 is 0.765 bits per heavy atom. The highest BCUT2D eigenvalue weighted by Gasteiger charge is 2.19. The number of carbonyl (C=O) groups excluding carboxylic acids is 3. The average molecular weight is 1130 g/mol. The van der Waals surface area contributed by atoms with E-state index < -0.39 is 6.10 Å². The zero-order chi connectivity index (χ0) is 58.5. The number of unbranched alkanes of at least 4 members (excludes halogenated alkanes) is 36. The van der Waals surface area contributed by atoms with Crippen LogP contribution >= 0.6 is 0 Å². The highest BCUT2D eigenvalue weighted by atomic mass is 16.6. The molecule has 81 heavy (non-hydrogen) atoms. The molecule has 0 aromatic rings. The lowest BCUT2D eigenvalue weighted by atomic mass is 10.1. The zero-order valence-electron chi connectivity index (χ0n) is 53.5. The molecular weight excluding hydrogens is 997 g/mol. The third-order valence-electron chi connectivity index (χ3n) is 15.0. The van der Waals surface area contributed by atoms with Gasteiger partial charge in [-0.15, -0.1) is 0 Å². The molecule has 1 atom stereocenters. The first-order chi connectivity index (χ1) is 40.0. The summed E-state index contributed by atoms with van der Waals surface area (Å²) in [5.74, 6) is -0.894. The minimum atomic E-state index is -0.791. The van der Waals surface area contributed by atoms with Crippen molar-refractivity contribution >= 4 is 17.9 Å². The van der Waals surface area contributed by atoms with Crippen molar-refractivity contribution in [3.63, 3.8) is 0 Å². The van der Waals surface area contributed by atoms with Gasteiger partial charge in [0, 0.05) is 19.3 Å². The Morgan fingerprint density at radius 2 is 0.481 bits per heavy atom. The number of rotatable bonds is 63. The number of allylic oxidation sites excluding steroid dienone is 16. The Balaban J connectivity index is 4.41. The van der Waals surface area contributed by atoms with Gasteiger partial charge in [0.25, 0.3) is 0 Å². The molecule has 0 N–H and O–H groups in total. The van der Waals surface area contributed by atoms with Gasteiger partial charge in [-0.3, -0.25) is 14.4 Å². The van der Waals surface area contributed by atoms with Crippen LogP contribution in [0.3, 0.4) is 0 Å². The Bertz CT molecular complexity index is 1580. The van der Waals surface area contributed by atoms with Crippen LogP contribution in [0.4, 0.5) is 0 Å². The van der Waals surface area contributed by atoms with Crippen LogP contribution in [0.1, 0.15) is 342 Å². The van der Waals surface area contributed by atoms with Crippen LogP contribution in [0.5, 0.6) is 0 Å². The first kappa shape index (κ1) is 77.3. The summed E-state index contributed by atoms with van der Waals surface area (Å²) >= 11 is 0. The van der Waals surface area contributed by atoms with Crippen molar-refractivity contribution in [1.82, 2.24) is 0 Å². The van der Waals surface area contributed by atoms with E-state index in [1.807, 2.05) is 0 Å². The van der Waals surface area contributed by atoms with Gasteiger partial charge >= 0.3 is 17.9 Å². The molecule has 0 spiro atoms. The van der Waals surface area contributed by atoms with E-state index in [4.69, 9.17) is 14.2 Å². The molecule has 0 aliphatic heterocycles. The summed E-state index contributed by atoms with van der Waals surface area (Å²) < 4.78 is 17.0. The zero-order valence-corrected chi connectivity index (χ0v) is 53.5. The molecule has 466 valence electrons. The molecule has 0 rings (SSSR count). The lowest BCUT2D eigenvalue weighted by molar-refractivity contribution is -0.167. The number of esters is 3. The van der Waals surface area contributed by atoms with Crippen molar-refractivity contribution in [2.45, 2.75) is 348 Å². The largest absolute Gasteiger partial charge is 0.462 e. The number of ether oxygens (including phenoxy) is 3. The Morgan fingerprint density at radius 1 is 0.259 bits per heavy atom. The second-order valence-electron chi connectivity index (χ2n) is 23.1. The molecule has 0 bridgehead atoms. The number of hydrogen-bond acceptors (Lipinski definition) is 6. The van der Waals surface area contributed by atoms with Gasteiger partial charge in [-0.1, -0.05) is 298 Å². The van der Waals surface area contributed by atoms with Gasteiger partial charge in [0.1, 0.15) is 13.2 Å². The van der Waals surface area contributed by atoms with Gasteiger partial charge in [-0.25, -0.2) is 0 Å². The molecule has 0 aliphatic carbocycles. The predicted octanol–water partition coefficient (Wildman–Crippen LogP) is 24.0. The van der Waals surface area contributed by atoms with E-state index in [0.717, 1.165) is 109 Å². The third-order valence-corrected chi connectivity index (χ3v) is 15.0. The minimum Gasteiger partial charge on any atom is -0.462 e. The first-order valence-electron chi connectivity index (χ1n) is 34.7. The van der Waals surface area contributed by atoms with Crippen LogP contribution in [0.2, 0.25) is 0 Å². The van der Waals surface area contributed by atoms with Crippen molar-refractivity contribution in [3.05, 3.63) is 97.2 Å². The molecule has 1 unspecified atom stereocenters. The van der Waals surface area contributed by atoms with Crippen molar-refractivity contribution in [2.75, 3.05) is 13.2 Å². The Hall–Kier alpha value is -3.67. The van der Waals surface area contributed by atoms with Crippen LogP contribution in [-0.2, 0) is 28.6 Å². The van der Waals surface area contributed by atoms with E-state index in [0.29, 0.717) is 19.3 Å². The van der Waals surface area contributed by atoms with Crippen LogP contribution in [0.15, 0.2) is 97.2 Å². The minimum absolute atomic E-state index is 0.0861. The van der Waals surface area contributed by atoms with Crippen LogP contribution in [0, 0.1) is 0 Å². The smallest absolute Gasteiger partial charge is 0.306 e. The van der Waals surface area contributed by atoms with E-state index >= 15 is 0 Å². The standard InChI is InChI=1S/C75H130O6/c1-4-7-10-13-16-19-22-25-28-31-34-36-37-39-41-44-47-50-53-56-59-62-65-68-74(77)80-71-72(70-79-73(76)67-64-61-58-55-52-49-46-43-40-33-30-27-24-21-18-15-12-9-6-3)81-75(78)69-66-63-60-57-54-51-48-45-42-38-35-32-29-26-23-20-17-14-11-8-5-2/h9,12,18,21-22,25,27,30-32,34-35,37,39-40,43,72H,4-8,10-11,13-17,19-20,23-24,26,28-29,33,36,38,41-42,44-71H2,1-3H3/b12-9-,21-18-,25-22-,30-27-,34-31-,35-32-,39-37-,43-40-. The third kappa shape index (κ3) is 67.0. The van der Waals surface area contributed by atoms with E-state index in [1.165, 1.54) is 193 Å². The van der Waals surface area contributed by atoms with E-state index in [-0.39, 0.29) is 31.1 Å². The summed E-state index contributed by atoms with van der Waals surface area (Å²) in [5, 5.41) is 0. The van der Waals surface area contributed by atoms with Crippen LogP contribution in [0.25, 0.3) is 0 Å². The molecular formula is C75H130O6. The molecule has 0 aromatic carbocycles. The predicted molar refractivity (Wildman–Crippen MR) is 353 cm³/mol. The maximum Gasteiger partial charge on any atom is 0.306 e. The molecule has 6 heteroatoms. The second kappa shape index (κ2) is 68.8. The van der Waals surface area contributed by atoms with Crippen LogP contribution < -0.4 is 0 Å². The number of hydrogen-bond donors (Lipinski definition) is 0. The fourth-order valence-electron chi connectivity index (χ4n) is 9.85. The topological polar surface area (TPSA) is 78.9 Å². The van der Waals surface area contributed by atoms with Gasteiger partial charge in [0.2, 0.25) is 0 Å². The van der Waals surface area contributed by atoms with E-state index in [9.17, 15) is 14.4 Å². The molecule has 0 heterocycles. The summed E-state index contributed by atoms with van der Waals surface area (Å²) in [6, 6.07) is 0. The van der Waals surface area contributed by atoms with Gasteiger partial charge in [-0.05, 0) is 122 Å². The molecule has 0 aromatic heterocycles.